The number of piperidine rings is 1. The second-order valence-corrected chi connectivity index (χ2v) is 6.42. The number of hydrogen-bond acceptors (Lipinski definition) is 2. The largest absolute Gasteiger partial charge is 0.349 e. The van der Waals surface area contributed by atoms with E-state index in [1.807, 2.05) is 0 Å². The second kappa shape index (κ2) is 7.08. The first kappa shape index (κ1) is 16.0. The minimum Gasteiger partial charge on any atom is -0.349 e. The summed E-state index contributed by atoms with van der Waals surface area (Å²) in [6.07, 6.45) is 4.10. The quantitative estimate of drug-likeness (QED) is 0.872. The van der Waals surface area contributed by atoms with Crippen molar-refractivity contribution in [3.63, 3.8) is 0 Å². The molecule has 116 valence electrons. The Balaban J connectivity index is 2.05. The minimum absolute atomic E-state index is 0.0637. The lowest BCUT2D eigenvalue weighted by Gasteiger charge is -2.37. The van der Waals surface area contributed by atoms with Crippen molar-refractivity contribution in [1.29, 1.82) is 0 Å². The normalized spacial score (nSPS) is 23.6. The molecule has 2 atom stereocenters. The van der Waals surface area contributed by atoms with Gasteiger partial charge in [-0.25, -0.2) is 0 Å². The van der Waals surface area contributed by atoms with Crippen molar-refractivity contribution in [3.05, 3.63) is 35.4 Å². The zero-order valence-electron chi connectivity index (χ0n) is 13.5. The lowest BCUT2D eigenvalue weighted by Crippen LogP contribution is -2.50. The van der Waals surface area contributed by atoms with E-state index in [0.717, 1.165) is 38.8 Å². The first-order chi connectivity index (χ1) is 10.1. The topological polar surface area (TPSA) is 41.1 Å². The Labute approximate surface area is 128 Å². The number of rotatable bonds is 5. The molecule has 0 spiro atoms. The Hall–Kier alpha value is -1.35. The van der Waals surface area contributed by atoms with E-state index in [4.69, 9.17) is 0 Å². The van der Waals surface area contributed by atoms with E-state index in [1.54, 1.807) is 0 Å². The van der Waals surface area contributed by atoms with Gasteiger partial charge in [0, 0.05) is 6.54 Å². The second-order valence-electron chi connectivity index (χ2n) is 6.42. The van der Waals surface area contributed by atoms with Gasteiger partial charge in [0.1, 0.15) is 0 Å². The van der Waals surface area contributed by atoms with Crippen LogP contribution in [0.15, 0.2) is 24.3 Å². The molecule has 3 nitrogen and oxygen atoms in total. The van der Waals surface area contributed by atoms with Crippen LogP contribution in [0.1, 0.15) is 56.7 Å². The summed E-state index contributed by atoms with van der Waals surface area (Å²) in [6.45, 7) is 8.15. The average molecular weight is 288 g/mol. The van der Waals surface area contributed by atoms with Gasteiger partial charge in [0.05, 0.1) is 11.5 Å². The van der Waals surface area contributed by atoms with Crippen LogP contribution in [0, 0.1) is 12.3 Å². The number of carbonyl (C=O) groups is 1. The Bertz CT molecular complexity index is 455. The van der Waals surface area contributed by atoms with Crippen molar-refractivity contribution in [2.45, 2.75) is 52.5 Å². The number of amides is 1. The predicted molar refractivity (Wildman–Crippen MR) is 87.2 cm³/mol. The van der Waals surface area contributed by atoms with E-state index in [1.165, 1.54) is 11.1 Å². The van der Waals surface area contributed by atoms with Gasteiger partial charge in [0.15, 0.2) is 0 Å². The van der Waals surface area contributed by atoms with Crippen LogP contribution >= 0.6 is 0 Å². The van der Waals surface area contributed by atoms with Crippen molar-refractivity contribution < 1.29 is 4.79 Å². The number of nitrogens with one attached hydrogen (secondary N) is 2. The Morgan fingerprint density at radius 2 is 2.10 bits per heavy atom. The van der Waals surface area contributed by atoms with Gasteiger partial charge in [0.2, 0.25) is 5.91 Å². The molecule has 0 aromatic heterocycles. The highest BCUT2D eigenvalue weighted by molar-refractivity contribution is 5.83. The van der Waals surface area contributed by atoms with Gasteiger partial charge < -0.3 is 10.6 Å². The molecule has 1 aliphatic rings. The molecule has 1 aromatic carbocycles. The highest BCUT2D eigenvalue weighted by atomic mass is 16.2. The van der Waals surface area contributed by atoms with Crippen LogP contribution in [0.3, 0.4) is 0 Å². The lowest BCUT2D eigenvalue weighted by atomic mass is 9.76. The Morgan fingerprint density at radius 3 is 2.67 bits per heavy atom. The lowest BCUT2D eigenvalue weighted by molar-refractivity contribution is -0.133. The van der Waals surface area contributed by atoms with E-state index in [9.17, 15) is 4.79 Å². The molecule has 1 amide bonds. The molecule has 3 heteroatoms. The van der Waals surface area contributed by atoms with E-state index in [0.29, 0.717) is 0 Å². The number of carbonyl (C=O) groups excluding carboxylic acids is 1. The van der Waals surface area contributed by atoms with Gasteiger partial charge in [-0.15, -0.1) is 0 Å². The molecule has 1 fully saturated rings. The molecule has 0 bridgehead atoms. The van der Waals surface area contributed by atoms with Crippen molar-refractivity contribution in [2.75, 3.05) is 13.1 Å². The van der Waals surface area contributed by atoms with Crippen LogP contribution < -0.4 is 10.6 Å². The monoisotopic (exact) mass is 288 g/mol. The van der Waals surface area contributed by atoms with E-state index in [2.05, 4.69) is 55.7 Å². The molecule has 0 aliphatic carbocycles. The number of hydrogen-bond donors (Lipinski definition) is 2. The summed E-state index contributed by atoms with van der Waals surface area (Å²) < 4.78 is 0. The van der Waals surface area contributed by atoms with Gasteiger partial charge >= 0.3 is 0 Å². The third kappa shape index (κ3) is 3.85. The van der Waals surface area contributed by atoms with Crippen LogP contribution in [0.25, 0.3) is 0 Å². The summed E-state index contributed by atoms with van der Waals surface area (Å²) in [7, 11) is 0. The van der Waals surface area contributed by atoms with Crippen LogP contribution in [0.5, 0.6) is 0 Å². The number of benzene rings is 1. The van der Waals surface area contributed by atoms with Crippen LogP contribution in [-0.2, 0) is 4.79 Å². The van der Waals surface area contributed by atoms with Gasteiger partial charge in [0.25, 0.3) is 0 Å². The Kier molecular flexibility index (Phi) is 5.40. The first-order valence-corrected chi connectivity index (χ1v) is 8.16. The highest BCUT2D eigenvalue weighted by Crippen LogP contribution is 2.32. The van der Waals surface area contributed by atoms with Gasteiger partial charge in [-0.1, -0.05) is 43.2 Å². The van der Waals surface area contributed by atoms with Gasteiger partial charge in [-0.05, 0) is 45.2 Å². The van der Waals surface area contributed by atoms with Crippen LogP contribution in [-0.4, -0.2) is 19.0 Å². The molecule has 1 saturated heterocycles. The van der Waals surface area contributed by atoms with Crippen LogP contribution in [0.2, 0.25) is 0 Å². The third-order valence-corrected chi connectivity index (χ3v) is 4.61. The zero-order valence-corrected chi connectivity index (χ0v) is 13.5. The number of aryl methyl sites for hydroxylation is 1. The summed E-state index contributed by atoms with van der Waals surface area (Å²) >= 11 is 0. The standard InChI is InChI=1S/C18H28N2O/c1-4-10-18(11-5-12-19-13-18)17(21)20-15(3)16-8-6-14(2)7-9-16/h6-9,15,19H,4-5,10-13H2,1-3H3,(H,20,21)/t15-,18?/m0/s1. The van der Waals surface area contributed by atoms with Crippen molar-refractivity contribution in [1.82, 2.24) is 10.6 Å². The molecule has 0 radical (unpaired) electrons. The summed E-state index contributed by atoms with van der Waals surface area (Å²) in [4.78, 5) is 12.8. The molecular weight excluding hydrogens is 260 g/mol. The molecular formula is C18H28N2O. The maximum absolute atomic E-state index is 12.8. The third-order valence-electron chi connectivity index (χ3n) is 4.61. The molecule has 0 saturated carbocycles. The van der Waals surface area contributed by atoms with Crippen molar-refractivity contribution in [2.24, 2.45) is 5.41 Å². The molecule has 1 heterocycles. The molecule has 21 heavy (non-hydrogen) atoms. The molecule has 1 aromatic rings. The summed E-state index contributed by atoms with van der Waals surface area (Å²) in [5, 5.41) is 6.63. The SMILES string of the molecule is CCCC1(C(=O)N[C@@H](C)c2ccc(C)cc2)CCCNC1. The highest BCUT2D eigenvalue weighted by Gasteiger charge is 2.39. The average Bonchev–Trinajstić information content (AvgIpc) is 2.49. The van der Waals surface area contributed by atoms with E-state index < -0.39 is 0 Å². The maximum Gasteiger partial charge on any atom is 0.227 e. The smallest absolute Gasteiger partial charge is 0.227 e. The van der Waals surface area contributed by atoms with Gasteiger partial charge in [-0.2, -0.15) is 0 Å². The summed E-state index contributed by atoms with van der Waals surface area (Å²) in [5.41, 5.74) is 2.20. The molecule has 1 aliphatic heterocycles. The van der Waals surface area contributed by atoms with E-state index >= 15 is 0 Å². The molecule has 1 unspecified atom stereocenters. The zero-order chi connectivity index (χ0) is 15.3. The fourth-order valence-corrected chi connectivity index (χ4v) is 3.26. The first-order valence-electron chi connectivity index (χ1n) is 8.16. The minimum atomic E-state index is -0.216. The fraction of sp³-hybridized carbons (Fsp3) is 0.611. The predicted octanol–water partition coefficient (Wildman–Crippen LogP) is 3.34. The molecule has 2 rings (SSSR count). The summed E-state index contributed by atoms with van der Waals surface area (Å²) in [5.74, 6) is 0.213. The van der Waals surface area contributed by atoms with Crippen molar-refractivity contribution in [3.8, 4) is 0 Å². The Morgan fingerprint density at radius 1 is 1.38 bits per heavy atom. The van der Waals surface area contributed by atoms with Gasteiger partial charge in [-0.3, -0.25) is 4.79 Å². The summed E-state index contributed by atoms with van der Waals surface area (Å²) in [6, 6.07) is 8.47. The van der Waals surface area contributed by atoms with Crippen LogP contribution in [0.4, 0.5) is 0 Å². The van der Waals surface area contributed by atoms with Crippen molar-refractivity contribution >= 4 is 5.91 Å². The van der Waals surface area contributed by atoms with E-state index in [-0.39, 0.29) is 17.4 Å². The maximum atomic E-state index is 12.8. The fourth-order valence-electron chi connectivity index (χ4n) is 3.26. The molecule has 2 N–H and O–H groups in total.